The van der Waals surface area contributed by atoms with Gasteiger partial charge in [-0.05, 0) is 12.1 Å². The average Bonchev–Trinajstić information content (AvgIpc) is 1.59. The lowest BCUT2D eigenvalue weighted by Gasteiger charge is -2.32. The van der Waals surface area contributed by atoms with Crippen LogP contribution in [0.1, 0.15) is 27.7 Å². The molecule has 0 aromatic carbocycles. The van der Waals surface area contributed by atoms with Crippen LogP contribution in [0.25, 0.3) is 0 Å². The lowest BCUT2D eigenvalue weighted by Crippen LogP contribution is -2.45. The summed E-state index contributed by atoms with van der Waals surface area (Å²) in [6, 6.07) is 1.51. The van der Waals surface area contributed by atoms with E-state index in [9.17, 15) is 0 Å². The van der Waals surface area contributed by atoms with Crippen LogP contribution in [-0.4, -0.2) is 32.4 Å². The highest BCUT2D eigenvalue weighted by molar-refractivity contribution is 14.1. The van der Waals surface area contributed by atoms with Crippen molar-refractivity contribution in [2.24, 2.45) is 0 Å². The Balaban J connectivity index is 3.98. The summed E-state index contributed by atoms with van der Waals surface area (Å²) in [5.74, 6) is -0.459. The first kappa shape index (κ1) is 11.1. The molecular formula is C6H18INSi2. The third-order valence-corrected chi connectivity index (χ3v) is 7.34. The zero-order valence-corrected chi connectivity index (χ0v) is 12.9. The molecule has 1 atom stereocenters. The fourth-order valence-electron chi connectivity index (χ4n) is 1.42. The Bertz CT molecular complexity index is 76.7. The summed E-state index contributed by atoms with van der Waals surface area (Å²) in [7, 11) is 1.40. The first-order valence-electron chi connectivity index (χ1n) is 3.88. The van der Waals surface area contributed by atoms with Crippen molar-refractivity contribution in [2.45, 2.75) is 39.8 Å². The van der Waals surface area contributed by atoms with Crippen molar-refractivity contribution in [2.75, 3.05) is 0 Å². The molecule has 0 amide bonds. The van der Waals surface area contributed by atoms with Gasteiger partial charge in [0.05, 0.1) is 0 Å². The summed E-state index contributed by atoms with van der Waals surface area (Å²) in [5, 5.41) is 0. The van der Waals surface area contributed by atoms with E-state index in [4.69, 9.17) is 0 Å². The van der Waals surface area contributed by atoms with Gasteiger partial charge in [-0.1, -0.05) is 27.7 Å². The molecule has 10 heavy (non-hydrogen) atoms. The maximum atomic E-state index is 2.69. The molecular weight excluding hydrogens is 269 g/mol. The Kier molecular flexibility index (Phi) is 5.44. The van der Waals surface area contributed by atoms with E-state index in [0.717, 1.165) is 12.1 Å². The predicted molar refractivity (Wildman–Crippen MR) is 63.2 cm³/mol. The molecule has 0 aromatic heterocycles. The van der Waals surface area contributed by atoms with E-state index in [-0.39, 0.29) is 0 Å². The van der Waals surface area contributed by atoms with Crippen LogP contribution in [0.4, 0.5) is 0 Å². The number of hydrogen-bond donors (Lipinski definition) is 0. The number of halogens is 1. The van der Waals surface area contributed by atoms with Gasteiger partial charge >= 0.3 is 0 Å². The minimum absolute atomic E-state index is 0.459. The molecule has 0 aliphatic carbocycles. The van der Waals surface area contributed by atoms with E-state index >= 15 is 0 Å². The van der Waals surface area contributed by atoms with Crippen LogP contribution in [-0.2, 0) is 0 Å². The Morgan fingerprint density at radius 1 is 1.20 bits per heavy atom. The van der Waals surface area contributed by atoms with E-state index in [1.807, 2.05) is 0 Å². The van der Waals surface area contributed by atoms with Gasteiger partial charge in [0, 0.05) is 9.76 Å². The molecule has 1 unspecified atom stereocenters. The highest BCUT2D eigenvalue weighted by Crippen LogP contribution is 2.09. The molecule has 0 aromatic rings. The highest BCUT2D eigenvalue weighted by atomic mass is 127. The average molecular weight is 287 g/mol. The fourth-order valence-corrected chi connectivity index (χ4v) is 10.5. The van der Waals surface area contributed by atoms with Crippen LogP contribution in [0.5, 0.6) is 0 Å². The molecule has 1 nitrogen and oxygen atoms in total. The Hall–Kier alpha value is 1.12. The molecule has 0 saturated heterocycles. The minimum atomic E-state index is -0.459. The zero-order valence-electron chi connectivity index (χ0n) is 7.56. The van der Waals surface area contributed by atoms with Gasteiger partial charge in [0.1, 0.15) is 0 Å². The van der Waals surface area contributed by atoms with Crippen molar-refractivity contribution >= 4 is 37.5 Å². The van der Waals surface area contributed by atoms with E-state index in [1.54, 1.807) is 0 Å². The second-order valence-corrected chi connectivity index (χ2v) is 20.7. The van der Waals surface area contributed by atoms with Crippen LogP contribution in [0.15, 0.2) is 0 Å². The van der Waals surface area contributed by atoms with E-state index < -0.39 is 5.97 Å². The number of nitrogens with zero attached hydrogens (tertiary/aromatic N) is 1. The summed E-state index contributed by atoms with van der Waals surface area (Å²) in [6.45, 7) is 9.21. The Morgan fingerprint density at radius 3 is 1.50 bits per heavy atom. The van der Waals surface area contributed by atoms with Gasteiger partial charge in [-0.15, -0.1) is 21.8 Å². The van der Waals surface area contributed by atoms with Crippen molar-refractivity contribution in [3.8, 4) is 0 Å². The first-order chi connectivity index (χ1) is 4.46. The molecule has 4 heteroatoms. The molecule has 0 aliphatic rings. The molecule has 0 fully saturated rings. The Labute approximate surface area is 81.7 Å². The van der Waals surface area contributed by atoms with Crippen LogP contribution < -0.4 is 0 Å². The standard InChI is InChI=1S/C6H18INSi2/c1-5(2)8(6(3)4)10(7)9/h5-6,10H,1-4,9H3. The van der Waals surface area contributed by atoms with E-state index in [0.29, 0.717) is 0 Å². The van der Waals surface area contributed by atoms with Gasteiger partial charge in [0.2, 0.25) is 0 Å². The molecule has 0 saturated carbocycles. The maximum Gasteiger partial charge on any atom is 0.159 e. The molecule has 0 spiro atoms. The van der Waals surface area contributed by atoms with Crippen LogP contribution in [0.2, 0.25) is 0 Å². The van der Waals surface area contributed by atoms with Gasteiger partial charge in [-0.2, -0.15) is 0 Å². The van der Waals surface area contributed by atoms with Gasteiger partial charge in [-0.3, -0.25) is 0 Å². The SMILES string of the molecule is CC(C)N(C(C)C)[SiH]([SiH3])I. The van der Waals surface area contributed by atoms with Crippen molar-refractivity contribution < 1.29 is 0 Å². The monoisotopic (exact) mass is 287 g/mol. The van der Waals surface area contributed by atoms with Crippen molar-refractivity contribution in [1.29, 1.82) is 0 Å². The summed E-state index contributed by atoms with van der Waals surface area (Å²) < 4.78 is 2.69. The number of hydrogen-bond acceptors (Lipinski definition) is 1. The normalized spacial score (nSPS) is 15.6. The third kappa shape index (κ3) is 3.50. The Morgan fingerprint density at radius 2 is 1.50 bits per heavy atom. The fraction of sp³-hybridized carbons (Fsp3) is 1.00. The first-order valence-corrected chi connectivity index (χ1v) is 13.2. The molecule has 0 radical (unpaired) electrons. The second kappa shape index (κ2) is 4.89. The number of rotatable bonds is 3. The maximum absolute atomic E-state index is 2.69. The van der Waals surface area contributed by atoms with Crippen molar-refractivity contribution in [3.63, 3.8) is 0 Å². The van der Waals surface area contributed by atoms with Crippen LogP contribution in [0.3, 0.4) is 0 Å². The zero-order chi connectivity index (χ0) is 8.31. The third-order valence-electron chi connectivity index (χ3n) is 1.60. The summed E-state index contributed by atoms with van der Waals surface area (Å²) in [5.41, 5.74) is 0. The largest absolute Gasteiger partial charge is 0.316 e. The predicted octanol–water partition coefficient (Wildman–Crippen LogP) is 0.623. The topological polar surface area (TPSA) is 3.24 Å². The molecule has 0 aliphatic heterocycles. The smallest absolute Gasteiger partial charge is 0.159 e. The van der Waals surface area contributed by atoms with Crippen molar-refractivity contribution in [3.05, 3.63) is 0 Å². The molecule has 62 valence electrons. The molecule has 0 rings (SSSR count). The van der Waals surface area contributed by atoms with Gasteiger partial charge in [0.15, 0.2) is 5.97 Å². The lowest BCUT2D eigenvalue weighted by atomic mass is 10.3. The summed E-state index contributed by atoms with van der Waals surface area (Å²) in [4.78, 5) is 0. The van der Waals surface area contributed by atoms with Gasteiger partial charge in [0.25, 0.3) is 0 Å². The van der Waals surface area contributed by atoms with E-state index in [1.165, 1.54) is 9.76 Å². The quantitative estimate of drug-likeness (QED) is 0.418. The van der Waals surface area contributed by atoms with Crippen LogP contribution in [0, 0.1) is 0 Å². The summed E-state index contributed by atoms with van der Waals surface area (Å²) in [6.07, 6.45) is 0. The van der Waals surface area contributed by atoms with Gasteiger partial charge in [-0.25, -0.2) is 0 Å². The van der Waals surface area contributed by atoms with Crippen LogP contribution >= 0.6 is 21.8 Å². The lowest BCUT2D eigenvalue weighted by molar-refractivity contribution is 0.316. The molecule has 0 N–H and O–H groups in total. The van der Waals surface area contributed by atoms with Gasteiger partial charge < -0.3 is 4.57 Å². The molecule has 0 heterocycles. The van der Waals surface area contributed by atoms with Crippen molar-refractivity contribution in [1.82, 2.24) is 4.57 Å². The minimum Gasteiger partial charge on any atom is -0.316 e. The second-order valence-electron chi connectivity index (χ2n) is 3.21. The summed E-state index contributed by atoms with van der Waals surface area (Å²) >= 11 is 2.66. The highest BCUT2D eigenvalue weighted by Gasteiger charge is 2.17. The molecule has 0 bridgehead atoms. The van der Waals surface area contributed by atoms with E-state index in [2.05, 4.69) is 54.1 Å².